The summed E-state index contributed by atoms with van der Waals surface area (Å²) in [6, 6.07) is 12.3. The molecular formula is C32H39N5O6. The van der Waals surface area contributed by atoms with Crippen LogP contribution in [0.5, 0.6) is 5.75 Å². The third kappa shape index (κ3) is 5.14. The molecule has 0 aliphatic carbocycles. The number of hydrogen-bond acceptors (Lipinski definition) is 7. The number of piperazine rings is 1. The minimum Gasteiger partial charge on any atom is -0.497 e. The van der Waals surface area contributed by atoms with E-state index in [1.165, 1.54) is 4.90 Å². The molecule has 3 aliphatic heterocycles. The second-order valence-electron chi connectivity index (χ2n) is 12.8. The first kappa shape index (κ1) is 28.8. The van der Waals surface area contributed by atoms with Crippen molar-refractivity contribution in [3.05, 3.63) is 58.5 Å². The molecule has 2 bridgehead atoms. The lowest BCUT2D eigenvalue weighted by Crippen LogP contribution is -2.56. The van der Waals surface area contributed by atoms with Gasteiger partial charge in [0.1, 0.15) is 17.4 Å². The van der Waals surface area contributed by atoms with Crippen LogP contribution >= 0.6 is 0 Å². The van der Waals surface area contributed by atoms with E-state index in [9.17, 15) is 19.2 Å². The van der Waals surface area contributed by atoms with Crippen LogP contribution < -0.4 is 15.3 Å². The molecule has 3 saturated heterocycles. The first-order valence-electron chi connectivity index (χ1n) is 14.9. The number of nitrogens with zero attached hydrogens (tertiary/aromatic N) is 5. The Morgan fingerprint density at radius 2 is 1.63 bits per heavy atom. The fourth-order valence-corrected chi connectivity index (χ4v) is 6.83. The molecule has 0 spiro atoms. The number of likely N-dealkylation sites (tertiary alicyclic amines) is 1. The summed E-state index contributed by atoms with van der Waals surface area (Å²) in [5.41, 5.74) is 2.23. The van der Waals surface area contributed by atoms with Crippen LogP contribution in [0.1, 0.15) is 58.1 Å². The van der Waals surface area contributed by atoms with Crippen LogP contribution in [0.2, 0.25) is 0 Å². The zero-order chi connectivity index (χ0) is 30.6. The van der Waals surface area contributed by atoms with Gasteiger partial charge in [0.25, 0.3) is 5.91 Å². The number of para-hydroxylation sites is 1. The molecule has 3 fully saturated rings. The molecule has 3 atom stereocenters. The number of hydrogen-bond donors (Lipinski definition) is 0. The van der Waals surface area contributed by atoms with Crippen LogP contribution in [0.3, 0.4) is 0 Å². The molecule has 3 aromatic rings. The van der Waals surface area contributed by atoms with Crippen molar-refractivity contribution in [3.63, 3.8) is 0 Å². The maximum atomic E-state index is 13.8. The highest BCUT2D eigenvalue weighted by molar-refractivity contribution is 6.00. The highest BCUT2D eigenvalue weighted by atomic mass is 16.6. The van der Waals surface area contributed by atoms with Crippen LogP contribution in [0.4, 0.5) is 10.5 Å². The van der Waals surface area contributed by atoms with Gasteiger partial charge in [-0.05, 0) is 69.9 Å². The predicted molar refractivity (Wildman–Crippen MR) is 161 cm³/mol. The van der Waals surface area contributed by atoms with E-state index in [4.69, 9.17) is 9.47 Å². The van der Waals surface area contributed by atoms with Crippen molar-refractivity contribution < 1.29 is 23.9 Å². The topological polar surface area (TPSA) is 106 Å². The smallest absolute Gasteiger partial charge is 0.410 e. The largest absolute Gasteiger partial charge is 0.497 e. The van der Waals surface area contributed by atoms with Gasteiger partial charge in [-0.1, -0.05) is 18.2 Å². The Labute approximate surface area is 250 Å². The van der Waals surface area contributed by atoms with E-state index < -0.39 is 11.6 Å². The van der Waals surface area contributed by atoms with Gasteiger partial charge < -0.3 is 14.4 Å². The summed E-state index contributed by atoms with van der Waals surface area (Å²) >= 11 is 0. The summed E-state index contributed by atoms with van der Waals surface area (Å²) in [7, 11) is 3.31. The van der Waals surface area contributed by atoms with Gasteiger partial charge in [-0.3, -0.25) is 28.5 Å². The number of imidazole rings is 1. The predicted octanol–water partition coefficient (Wildman–Crippen LogP) is 3.83. The molecule has 43 heavy (non-hydrogen) atoms. The second-order valence-corrected chi connectivity index (χ2v) is 12.8. The normalized spacial score (nSPS) is 22.4. The SMILES string of the molecule is COc1ccc(CN2C(=O)CCC(n3c(=O)n(C)c4c(N5C[C@H]6CC[C@@H](C5)N6C(=O)OC(C)(C)C)cccc43)C2=O)cc1. The number of piperidine rings is 1. The Hall–Kier alpha value is -4.28. The van der Waals surface area contributed by atoms with Gasteiger partial charge in [0.2, 0.25) is 5.91 Å². The molecule has 11 nitrogen and oxygen atoms in total. The molecule has 3 amide bonds. The number of methoxy groups -OCH3 is 1. The van der Waals surface area contributed by atoms with Crippen molar-refractivity contribution in [2.24, 2.45) is 7.05 Å². The van der Waals surface area contributed by atoms with Crippen LogP contribution in [0, 0.1) is 0 Å². The van der Waals surface area contributed by atoms with E-state index in [0.717, 1.165) is 29.6 Å². The third-order valence-electron chi connectivity index (χ3n) is 8.80. The summed E-state index contributed by atoms with van der Waals surface area (Å²) in [4.78, 5) is 58.9. The quantitative estimate of drug-likeness (QED) is 0.417. The number of aromatic nitrogens is 2. The van der Waals surface area contributed by atoms with E-state index in [-0.39, 0.29) is 55.1 Å². The Morgan fingerprint density at radius 3 is 2.26 bits per heavy atom. The average molecular weight is 590 g/mol. The molecule has 0 radical (unpaired) electrons. The van der Waals surface area contributed by atoms with E-state index in [1.807, 2.05) is 56.0 Å². The lowest BCUT2D eigenvalue weighted by molar-refractivity contribution is -0.151. The fraction of sp³-hybridized carbons (Fsp3) is 0.500. The molecule has 1 unspecified atom stereocenters. The lowest BCUT2D eigenvalue weighted by atomic mass is 10.0. The van der Waals surface area contributed by atoms with Crippen molar-refractivity contribution in [2.75, 3.05) is 25.1 Å². The van der Waals surface area contributed by atoms with Crippen LogP contribution in [-0.4, -0.2) is 74.7 Å². The minimum atomic E-state index is -0.789. The molecule has 2 aromatic carbocycles. The van der Waals surface area contributed by atoms with Crippen LogP contribution in [0.15, 0.2) is 47.3 Å². The van der Waals surface area contributed by atoms with Crippen molar-refractivity contribution in [1.82, 2.24) is 18.9 Å². The zero-order valence-corrected chi connectivity index (χ0v) is 25.4. The lowest BCUT2D eigenvalue weighted by Gasteiger charge is -2.42. The number of carbonyl (C=O) groups is 3. The van der Waals surface area contributed by atoms with Gasteiger partial charge >= 0.3 is 11.8 Å². The summed E-state index contributed by atoms with van der Waals surface area (Å²) in [5, 5.41) is 0. The zero-order valence-electron chi connectivity index (χ0n) is 25.4. The number of imide groups is 1. The number of carbonyl (C=O) groups excluding carboxylic acids is 3. The Morgan fingerprint density at radius 1 is 0.953 bits per heavy atom. The molecule has 0 N–H and O–H groups in total. The van der Waals surface area contributed by atoms with Crippen molar-refractivity contribution in [1.29, 1.82) is 0 Å². The highest BCUT2D eigenvalue weighted by Crippen LogP contribution is 2.37. The molecule has 6 rings (SSSR count). The van der Waals surface area contributed by atoms with E-state index >= 15 is 0 Å². The summed E-state index contributed by atoms with van der Waals surface area (Å²) in [6.45, 7) is 7.01. The van der Waals surface area contributed by atoms with Gasteiger partial charge in [-0.2, -0.15) is 0 Å². The van der Waals surface area contributed by atoms with Crippen molar-refractivity contribution in [2.45, 2.75) is 76.7 Å². The summed E-state index contributed by atoms with van der Waals surface area (Å²) in [6.07, 6.45) is 1.95. The van der Waals surface area contributed by atoms with E-state index in [2.05, 4.69) is 4.90 Å². The summed E-state index contributed by atoms with van der Waals surface area (Å²) < 4.78 is 14.1. The number of amides is 3. The number of rotatable bonds is 5. The fourth-order valence-electron chi connectivity index (χ4n) is 6.83. The molecule has 3 aliphatic rings. The Kier molecular flexibility index (Phi) is 7.22. The number of ether oxygens (including phenoxy) is 2. The van der Waals surface area contributed by atoms with Gasteiger partial charge in [0, 0.05) is 26.6 Å². The van der Waals surface area contributed by atoms with Gasteiger partial charge in [0.05, 0.1) is 42.5 Å². The van der Waals surface area contributed by atoms with E-state index in [0.29, 0.717) is 24.4 Å². The first-order valence-corrected chi connectivity index (χ1v) is 14.9. The Balaban J connectivity index is 1.29. The minimum absolute atomic E-state index is 0.0143. The van der Waals surface area contributed by atoms with E-state index in [1.54, 1.807) is 35.4 Å². The van der Waals surface area contributed by atoms with Gasteiger partial charge in [0.15, 0.2) is 0 Å². The van der Waals surface area contributed by atoms with Gasteiger partial charge in [-0.25, -0.2) is 9.59 Å². The van der Waals surface area contributed by atoms with Crippen molar-refractivity contribution >= 4 is 34.6 Å². The monoisotopic (exact) mass is 589 g/mol. The molecule has 0 saturated carbocycles. The maximum Gasteiger partial charge on any atom is 0.410 e. The molecule has 4 heterocycles. The second kappa shape index (κ2) is 10.8. The molecule has 1 aromatic heterocycles. The first-order chi connectivity index (χ1) is 20.5. The number of benzene rings is 2. The van der Waals surface area contributed by atoms with Crippen molar-refractivity contribution in [3.8, 4) is 5.75 Å². The number of anilines is 1. The summed E-state index contributed by atoms with van der Waals surface area (Å²) in [5.74, 6) is 0.0655. The molecule has 228 valence electrons. The van der Waals surface area contributed by atoms with Gasteiger partial charge in [-0.15, -0.1) is 0 Å². The number of fused-ring (bicyclic) bond motifs is 3. The highest BCUT2D eigenvalue weighted by Gasteiger charge is 2.45. The Bertz CT molecular complexity index is 1620. The van der Waals surface area contributed by atoms with Crippen LogP contribution in [-0.2, 0) is 27.9 Å². The number of aryl methyl sites for hydroxylation is 1. The van der Waals surface area contributed by atoms with Crippen LogP contribution in [0.25, 0.3) is 11.0 Å². The molecule has 11 heteroatoms. The average Bonchev–Trinajstić information content (AvgIpc) is 3.39. The standard InChI is InChI=1S/C32H39N5O6/c1-32(2,3)43-31(41)36-21-11-12-22(36)19-34(18-21)24-7-6-8-25-28(24)33(4)30(40)37(25)26-15-16-27(38)35(29(26)39)17-20-9-13-23(42-5)14-10-20/h6-10,13-14,21-22,26H,11-12,15-19H2,1-5H3/t21-,22+,26?. The maximum absolute atomic E-state index is 13.8. The third-order valence-corrected chi connectivity index (χ3v) is 8.80. The molecular weight excluding hydrogens is 550 g/mol.